The fraction of sp³-hybridized carbons (Fsp3) is 0.545. The molecule has 1 amide bonds. The van der Waals surface area contributed by atoms with Crippen molar-refractivity contribution in [1.29, 1.82) is 0 Å². The molecule has 2 N–H and O–H groups in total. The third-order valence-electron chi connectivity index (χ3n) is 8.71. The molecule has 2 aliphatic rings. The lowest BCUT2D eigenvalue weighted by Gasteiger charge is -2.41. The van der Waals surface area contributed by atoms with E-state index >= 15 is 0 Å². The SMILES string of the molecule is CCOC(/C=C/C[C@H](CC)CCN1C[C@@]2(CCCc3cc(Cl)ccc32)COc2ccc(C(N)=O)cc21)[C@H](C)CS. The molecule has 0 saturated heterocycles. The van der Waals surface area contributed by atoms with Crippen LogP contribution < -0.4 is 15.4 Å². The first-order valence-corrected chi connectivity index (χ1v) is 15.8. The number of anilines is 1. The van der Waals surface area contributed by atoms with Gasteiger partial charge >= 0.3 is 0 Å². The van der Waals surface area contributed by atoms with Gasteiger partial charge < -0.3 is 20.1 Å². The van der Waals surface area contributed by atoms with E-state index in [0.29, 0.717) is 30.6 Å². The summed E-state index contributed by atoms with van der Waals surface area (Å²) in [6, 6.07) is 11.9. The van der Waals surface area contributed by atoms with Gasteiger partial charge in [0.05, 0.1) is 18.4 Å². The Hall–Kier alpha value is -2.15. The normalized spacial score (nSPS) is 20.9. The van der Waals surface area contributed by atoms with Crippen molar-refractivity contribution in [3.05, 3.63) is 70.3 Å². The van der Waals surface area contributed by atoms with Gasteiger partial charge in [-0.25, -0.2) is 0 Å². The highest BCUT2D eigenvalue weighted by atomic mass is 35.5. The van der Waals surface area contributed by atoms with E-state index in [9.17, 15) is 4.79 Å². The van der Waals surface area contributed by atoms with E-state index in [0.717, 1.165) is 73.8 Å². The molecule has 1 heterocycles. The van der Waals surface area contributed by atoms with Crippen molar-refractivity contribution < 1.29 is 14.3 Å². The Morgan fingerprint density at radius 3 is 2.83 bits per heavy atom. The summed E-state index contributed by atoms with van der Waals surface area (Å²) in [5.74, 6) is 2.10. The van der Waals surface area contributed by atoms with Crippen LogP contribution in [0.3, 0.4) is 0 Å². The molecule has 4 rings (SSSR count). The van der Waals surface area contributed by atoms with Gasteiger partial charge in [-0.05, 0) is 98.1 Å². The van der Waals surface area contributed by atoms with Gasteiger partial charge in [0.1, 0.15) is 5.75 Å². The molecular weight excluding hydrogens is 540 g/mol. The number of nitrogens with two attached hydrogens (primary N) is 1. The molecule has 7 heteroatoms. The molecule has 1 aliphatic heterocycles. The Labute approximate surface area is 250 Å². The van der Waals surface area contributed by atoms with Crippen LogP contribution in [0.1, 0.15) is 74.4 Å². The molecule has 0 radical (unpaired) electrons. The average Bonchev–Trinajstić information content (AvgIpc) is 3.10. The largest absolute Gasteiger partial charge is 0.490 e. The maximum atomic E-state index is 12.1. The van der Waals surface area contributed by atoms with Crippen LogP contribution >= 0.6 is 24.2 Å². The van der Waals surface area contributed by atoms with Gasteiger partial charge in [-0.1, -0.05) is 50.1 Å². The van der Waals surface area contributed by atoms with E-state index in [4.69, 9.17) is 26.8 Å². The van der Waals surface area contributed by atoms with E-state index in [1.54, 1.807) is 6.07 Å². The quantitative estimate of drug-likeness (QED) is 0.204. The molecule has 0 saturated carbocycles. The average molecular weight is 585 g/mol. The number of benzene rings is 2. The van der Waals surface area contributed by atoms with Gasteiger partial charge in [0.15, 0.2) is 0 Å². The third kappa shape index (κ3) is 7.18. The Balaban J connectivity index is 1.58. The number of thiol groups is 1. The zero-order valence-electron chi connectivity index (χ0n) is 24.2. The van der Waals surface area contributed by atoms with Gasteiger partial charge in [-0.3, -0.25) is 4.79 Å². The number of aryl methyl sites for hydroxylation is 1. The molecule has 1 unspecified atom stereocenters. The number of ether oxygens (including phenoxy) is 2. The molecule has 4 atom stereocenters. The number of hydrogen-bond acceptors (Lipinski definition) is 5. The Morgan fingerprint density at radius 1 is 1.27 bits per heavy atom. The van der Waals surface area contributed by atoms with Crippen LogP contribution in [-0.4, -0.2) is 44.1 Å². The number of fused-ring (bicyclic) bond motifs is 3. The first-order valence-electron chi connectivity index (χ1n) is 14.8. The number of carbonyl (C=O) groups excluding carboxylic acids is 1. The molecule has 0 fully saturated rings. The predicted molar refractivity (Wildman–Crippen MR) is 169 cm³/mol. The van der Waals surface area contributed by atoms with Crippen LogP contribution in [-0.2, 0) is 16.6 Å². The molecule has 0 aromatic heterocycles. The highest BCUT2D eigenvalue weighted by molar-refractivity contribution is 7.80. The van der Waals surface area contributed by atoms with Gasteiger partial charge in [0, 0.05) is 35.7 Å². The van der Waals surface area contributed by atoms with Crippen molar-refractivity contribution >= 4 is 35.8 Å². The smallest absolute Gasteiger partial charge is 0.248 e. The standard InChI is InChI=1S/C33H45ClN2O3S/c1-4-24(8-6-10-30(38-5-2)23(3)20-40)15-17-36-21-33(16-7-9-25-18-27(34)12-13-28(25)33)22-39-31-14-11-26(32(35)37)19-29(31)36/h6,10-14,18-19,23-24,30,40H,4-5,7-9,15-17,20-22H2,1-3H3,(H2,35,37)/b10-6+/t23-,24+,30?,33+/m1/s1. The van der Waals surface area contributed by atoms with Crippen molar-refractivity contribution in [2.75, 3.05) is 37.0 Å². The molecule has 5 nitrogen and oxygen atoms in total. The zero-order valence-corrected chi connectivity index (χ0v) is 25.9. The summed E-state index contributed by atoms with van der Waals surface area (Å²) in [5, 5.41) is 0.783. The van der Waals surface area contributed by atoms with Crippen LogP contribution in [0.25, 0.3) is 0 Å². The second-order valence-electron chi connectivity index (χ2n) is 11.5. The molecule has 1 spiro atoms. The molecule has 1 aliphatic carbocycles. The predicted octanol–water partition coefficient (Wildman–Crippen LogP) is 7.25. The number of allylic oxidation sites excluding steroid dienone is 1. The molecule has 218 valence electrons. The van der Waals surface area contributed by atoms with Crippen molar-refractivity contribution in [3.8, 4) is 5.75 Å². The van der Waals surface area contributed by atoms with Crippen LogP contribution in [0.4, 0.5) is 5.69 Å². The number of carbonyl (C=O) groups is 1. The van der Waals surface area contributed by atoms with E-state index in [1.807, 2.05) is 25.1 Å². The van der Waals surface area contributed by atoms with Gasteiger partial charge in [0.25, 0.3) is 0 Å². The Kier molecular flexibility index (Phi) is 10.9. The van der Waals surface area contributed by atoms with E-state index in [2.05, 4.69) is 55.7 Å². The first kappa shape index (κ1) is 30.8. The van der Waals surface area contributed by atoms with Crippen molar-refractivity contribution in [2.45, 2.75) is 70.8 Å². The van der Waals surface area contributed by atoms with Crippen LogP contribution in [0.15, 0.2) is 48.6 Å². The van der Waals surface area contributed by atoms with Gasteiger partial charge in [0.2, 0.25) is 5.91 Å². The lowest BCUT2D eigenvalue weighted by atomic mass is 9.70. The first-order chi connectivity index (χ1) is 19.3. The summed E-state index contributed by atoms with van der Waals surface area (Å²) in [6.45, 7) is 9.49. The van der Waals surface area contributed by atoms with E-state index in [1.165, 1.54) is 11.1 Å². The van der Waals surface area contributed by atoms with Crippen LogP contribution in [0, 0.1) is 11.8 Å². The van der Waals surface area contributed by atoms with Gasteiger partial charge in [-0.15, -0.1) is 0 Å². The zero-order chi connectivity index (χ0) is 28.7. The summed E-state index contributed by atoms with van der Waals surface area (Å²) in [6.07, 6.45) is 10.9. The highest BCUT2D eigenvalue weighted by Crippen LogP contribution is 2.44. The minimum Gasteiger partial charge on any atom is -0.490 e. The summed E-state index contributed by atoms with van der Waals surface area (Å²) in [4.78, 5) is 14.5. The topological polar surface area (TPSA) is 64.8 Å². The highest BCUT2D eigenvalue weighted by Gasteiger charge is 2.41. The fourth-order valence-corrected chi connectivity index (χ4v) is 6.64. The van der Waals surface area contributed by atoms with E-state index in [-0.39, 0.29) is 11.5 Å². The minimum absolute atomic E-state index is 0.0987. The maximum Gasteiger partial charge on any atom is 0.248 e. The summed E-state index contributed by atoms with van der Waals surface area (Å²) >= 11 is 10.9. The maximum absolute atomic E-state index is 12.1. The number of amides is 1. The van der Waals surface area contributed by atoms with Crippen molar-refractivity contribution in [2.24, 2.45) is 17.6 Å². The minimum atomic E-state index is -0.421. The Morgan fingerprint density at radius 2 is 2.10 bits per heavy atom. The second kappa shape index (κ2) is 14.2. The number of nitrogens with zero attached hydrogens (tertiary/aromatic N) is 1. The second-order valence-corrected chi connectivity index (χ2v) is 12.3. The molecule has 2 aromatic rings. The summed E-state index contributed by atoms with van der Waals surface area (Å²) < 4.78 is 12.5. The monoisotopic (exact) mass is 584 g/mol. The van der Waals surface area contributed by atoms with Crippen molar-refractivity contribution in [1.82, 2.24) is 0 Å². The van der Waals surface area contributed by atoms with E-state index < -0.39 is 5.91 Å². The number of primary amides is 1. The number of rotatable bonds is 12. The molecule has 40 heavy (non-hydrogen) atoms. The summed E-state index contributed by atoms with van der Waals surface area (Å²) in [5.41, 5.74) is 9.67. The number of halogens is 1. The van der Waals surface area contributed by atoms with Gasteiger partial charge in [-0.2, -0.15) is 12.6 Å². The summed E-state index contributed by atoms with van der Waals surface area (Å²) in [7, 11) is 0. The van der Waals surface area contributed by atoms with Crippen LogP contribution in [0.5, 0.6) is 5.75 Å². The molecular formula is C33H45ClN2O3S. The lowest BCUT2D eigenvalue weighted by molar-refractivity contribution is 0.0660. The van der Waals surface area contributed by atoms with Crippen molar-refractivity contribution in [3.63, 3.8) is 0 Å². The number of hydrogen-bond donors (Lipinski definition) is 2. The molecule has 2 aromatic carbocycles. The molecule has 0 bridgehead atoms. The van der Waals surface area contributed by atoms with Crippen LogP contribution in [0.2, 0.25) is 5.02 Å². The fourth-order valence-electron chi connectivity index (χ4n) is 6.24. The Bertz CT molecular complexity index is 1190. The third-order valence-corrected chi connectivity index (χ3v) is 9.52. The lowest BCUT2D eigenvalue weighted by Crippen LogP contribution is -2.46.